The highest BCUT2D eigenvalue weighted by Crippen LogP contribution is 2.35. The predicted molar refractivity (Wildman–Crippen MR) is 94.7 cm³/mol. The van der Waals surface area contributed by atoms with E-state index in [9.17, 15) is 8.42 Å². The van der Waals surface area contributed by atoms with Crippen LogP contribution >= 0.6 is 0 Å². The van der Waals surface area contributed by atoms with Crippen molar-refractivity contribution in [1.82, 2.24) is 9.97 Å². The highest BCUT2D eigenvalue weighted by Gasteiger charge is 2.23. The molecule has 4 rings (SSSR count). The number of benzene rings is 2. The van der Waals surface area contributed by atoms with Crippen molar-refractivity contribution in [1.29, 1.82) is 5.26 Å². The Morgan fingerprint density at radius 3 is 2.76 bits per heavy atom. The van der Waals surface area contributed by atoms with E-state index in [0.29, 0.717) is 17.2 Å². The van der Waals surface area contributed by atoms with Gasteiger partial charge in [0.05, 0.1) is 33.2 Å². The number of hydrogen-bond acceptors (Lipinski definition) is 4. The molecule has 6 nitrogen and oxygen atoms in total. The minimum Gasteiger partial charge on any atom is -0.342 e. The number of imidazole rings is 1. The van der Waals surface area contributed by atoms with Crippen molar-refractivity contribution in [2.75, 3.05) is 4.72 Å². The van der Waals surface area contributed by atoms with E-state index in [1.807, 2.05) is 6.07 Å². The van der Waals surface area contributed by atoms with E-state index in [-0.39, 0.29) is 4.90 Å². The average Bonchev–Trinajstić information content (AvgIpc) is 2.95. The summed E-state index contributed by atoms with van der Waals surface area (Å²) in [6.45, 7) is 0. The fourth-order valence-electron chi connectivity index (χ4n) is 2.91. The van der Waals surface area contributed by atoms with E-state index in [4.69, 9.17) is 5.26 Å². The van der Waals surface area contributed by atoms with Crippen molar-refractivity contribution in [3.8, 4) is 6.07 Å². The highest BCUT2D eigenvalue weighted by molar-refractivity contribution is 7.92. The molecule has 2 N–H and O–H groups in total. The molecule has 0 amide bonds. The van der Waals surface area contributed by atoms with Crippen molar-refractivity contribution < 1.29 is 8.42 Å². The van der Waals surface area contributed by atoms with E-state index in [0.717, 1.165) is 29.7 Å². The van der Waals surface area contributed by atoms with Gasteiger partial charge in [0.25, 0.3) is 10.0 Å². The van der Waals surface area contributed by atoms with E-state index in [1.165, 1.54) is 18.6 Å². The zero-order valence-electron chi connectivity index (χ0n) is 13.4. The minimum absolute atomic E-state index is 0.0615. The highest BCUT2D eigenvalue weighted by atomic mass is 32.2. The lowest BCUT2D eigenvalue weighted by molar-refractivity contribution is 0.405. The number of aromatic nitrogens is 2. The summed E-state index contributed by atoms with van der Waals surface area (Å²) < 4.78 is 27.6. The van der Waals surface area contributed by atoms with E-state index in [2.05, 4.69) is 14.7 Å². The molecule has 126 valence electrons. The molecule has 25 heavy (non-hydrogen) atoms. The van der Waals surface area contributed by atoms with Crippen LogP contribution in [-0.4, -0.2) is 18.4 Å². The summed E-state index contributed by atoms with van der Waals surface area (Å²) in [4.78, 5) is 7.94. The molecule has 0 spiro atoms. The Bertz CT molecular complexity index is 1090. The second-order valence-corrected chi connectivity index (χ2v) is 7.91. The molecule has 1 saturated carbocycles. The zero-order chi connectivity index (χ0) is 17.4. The maximum Gasteiger partial charge on any atom is 0.261 e. The number of H-pyrrole nitrogens is 1. The summed E-state index contributed by atoms with van der Waals surface area (Å²) in [6.07, 6.45) is 3.53. The van der Waals surface area contributed by atoms with Gasteiger partial charge < -0.3 is 4.98 Å². The van der Waals surface area contributed by atoms with Gasteiger partial charge in [-0.05, 0) is 49.2 Å². The van der Waals surface area contributed by atoms with Crippen LogP contribution in [0.1, 0.15) is 36.6 Å². The van der Waals surface area contributed by atoms with Gasteiger partial charge in [0.15, 0.2) is 0 Å². The lowest BCUT2D eigenvalue weighted by Crippen LogP contribution is -2.13. The Kier molecular flexibility index (Phi) is 3.70. The fraction of sp³-hybridized carbons (Fsp3) is 0.222. The van der Waals surface area contributed by atoms with Crippen molar-refractivity contribution in [3.63, 3.8) is 0 Å². The first kappa shape index (κ1) is 15.7. The first-order chi connectivity index (χ1) is 12.0. The van der Waals surface area contributed by atoms with E-state index in [1.54, 1.807) is 30.3 Å². The van der Waals surface area contributed by atoms with Crippen molar-refractivity contribution in [3.05, 3.63) is 53.9 Å². The van der Waals surface area contributed by atoms with Gasteiger partial charge in [0.1, 0.15) is 5.82 Å². The first-order valence-corrected chi connectivity index (χ1v) is 9.56. The molecular weight excluding hydrogens is 336 g/mol. The molecule has 1 aliphatic rings. The van der Waals surface area contributed by atoms with Gasteiger partial charge in [-0.1, -0.05) is 12.5 Å². The van der Waals surface area contributed by atoms with Crippen LogP contribution < -0.4 is 4.72 Å². The largest absolute Gasteiger partial charge is 0.342 e. The summed E-state index contributed by atoms with van der Waals surface area (Å²) in [5, 5.41) is 8.93. The maximum atomic E-state index is 12.5. The second kappa shape index (κ2) is 5.90. The lowest BCUT2D eigenvalue weighted by Gasteiger charge is -2.22. The van der Waals surface area contributed by atoms with Crippen molar-refractivity contribution >= 4 is 26.7 Å². The molecule has 2 aromatic carbocycles. The second-order valence-electron chi connectivity index (χ2n) is 6.23. The number of fused-ring (bicyclic) bond motifs is 1. The molecule has 7 heteroatoms. The zero-order valence-corrected chi connectivity index (χ0v) is 14.2. The number of rotatable bonds is 4. The molecule has 1 aliphatic carbocycles. The summed E-state index contributed by atoms with van der Waals surface area (Å²) in [5.41, 5.74) is 2.40. The molecular formula is C18H16N4O2S. The standard InChI is InChI=1S/C18H16N4O2S/c19-11-12-3-1-6-15(9-12)25(23,24)22-14-7-8-16-17(10-14)21-18(20-16)13-4-2-5-13/h1,3,6-10,13,22H,2,4-5H2,(H,20,21). The van der Waals surface area contributed by atoms with Crippen molar-refractivity contribution in [2.45, 2.75) is 30.1 Å². The third kappa shape index (κ3) is 2.96. The van der Waals surface area contributed by atoms with Gasteiger partial charge in [-0.25, -0.2) is 13.4 Å². The summed E-state index contributed by atoms with van der Waals surface area (Å²) >= 11 is 0. The Morgan fingerprint density at radius 1 is 1.20 bits per heavy atom. The van der Waals surface area contributed by atoms with Gasteiger partial charge in [-0.15, -0.1) is 0 Å². The molecule has 3 aromatic rings. The van der Waals surface area contributed by atoms with Crippen LogP contribution in [-0.2, 0) is 10.0 Å². The van der Waals surface area contributed by atoms with Gasteiger partial charge in [-0.2, -0.15) is 5.26 Å². The number of nitrogens with zero attached hydrogens (tertiary/aromatic N) is 2. The number of anilines is 1. The molecule has 0 atom stereocenters. The maximum absolute atomic E-state index is 12.5. The fourth-order valence-corrected chi connectivity index (χ4v) is 4.01. The molecule has 0 bridgehead atoms. The lowest BCUT2D eigenvalue weighted by atomic mass is 9.85. The Morgan fingerprint density at radius 2 is 2.04 bits per heavy atom. The number of nitriles is 1. The molecule has 0 aliphatic heterocycles. The Hall–Kier alpha value is -2.85. The van der Waals surface area contributed by atoms with E-state index < -0.39 is 10.0 Å². The van der Waals surface area contributed by atoms with Crippen molar-refractivity contribution in [2.24, 2.45) is 0 Å². The monoisotopic (exact) mass is 352 g/mol. The molecule has 1 heterocycles. The predicted octanol–water partition coefficient (Wildman–Crippen LogP) is 3.50. The Balaban J connectivity index is 1.63. The van der Waals surface area contributed by atoms with Crippen LogP contribution in [0.4, 0.5) is 5.69 Å². The van der Waals surface area contributed by atoms with Crippen LogP contribution in [0.3, 0.4) is 0 Å². The normalized spacial score (nSPS) is 14.8. The smallest absolute Gasteiger partial charge is 0.261 e. The SMILES string of the molecule is N#Cc1cccc(S(=O)(=O)Nc2ccc3nc(C4CCC4)[nH]c3c2)c1. The number of hydrogen-bond donors (Lipinski definition) is 2. The summed E-state index contributed by atoms with van der Waals surface area (Å²) in [5.74, 6) is 1.46. The van der Waals surface area contributed by atoms with Gasteiger partial charge in [-0.3, -0.25) is 4.72 Å². The molecule has 0 unspecified atom stereocenters. The van der Waals surface area contributed by atoms with Gasteiger partial charge in [0.2, 0.25) is 0 Å². The van der Waals surface area contributed by atoms with E-state index >= 15 is 0 Å². The summed E-state index contributed by atoms with van der Waals surface area (Å²) in [7, 11) is -3.75. The van der Waals surface area contributed by atoms with Crippen LogP contribution in [0.2, 0.25) is 0 Å². The topological polar surface area (TPSA) is 98.6 Å². The van der Waals surface area contributed by atoms with Crippen LogP contribution in [0.15, 0.2) is 47.4 Å². The molecule has 0 radical (unpaired) electrons. The van der Waals surface area contributed by atoms with Crippen LogP contribution in [0.25, 0.3) is 11.0 Å². The number of sulfonamides is 1. The third-order valence-electron chi connectivity index (χ3n) is 4.52. The summed E-state index contributed by atoms with van der Waals surface area (Å²) in [6, 6.07) is 13.1. The van der Waals surface area contributed by atoms with Crippen LogP contribution in [0, 0.1) is 11.3 Å². The third-order valence-corrected chi connectivity index (χ3v) is 5.90. The van der Waals surface area contributed by atoms with Crippen LogP contribution in [0.5, 0.6) is 0 Å². The molecule has 1 aromatic heterocycles. The minimum atomic E-state index is -3.75. The molecule has 0 saturated heterocycles. The van der Waals surface area contributed by atoms with Gasteiger partial charge in [0, 0.05) is 5.92 Å². The average molecular weight is 352 g/mol. The number of aromatic amines is 1. The van der Waals surface area contributed by atoms with Gasteiger partial charge >= 0.3 is 0 Å². The first-order valence-electron chi connectivity index (χ1n) is 8.08. The Labute approximate surface area is 145 Å². The molecule has 1 fully saturated rings. The quantitative estimate of drug-likeness (QED) is 0.750. The number of nitrogens with one attached hydrogen (secondary N) is 2.